The lowest BCUT2D eigenvalue weighted by Crippen LogP contribution is -2.16. The molecule has 0 bridgehead atoms. The van der Waals surface area contributed by atoms with Crippen LogP contribution in [0.2, 0.25) is 0 Å². The number of aliphatic imine (C=N–C) groups is 1. The van der Waals surface area contributed by atoms with Crippen LogP contribution in [0, 0.1) is 11.6 Å². The van der Waals surface area contributed by atoms with Crippen LogP contribution in [-0.4, -0.2) is 18.6 Å². The Hall–Kier alpha value is -3.98. The maximum absolute atomic E-state index is 13.4. The predicted octanol–water partition coefficient (Wildman–Crippen LogP) is 8.70. The standard InChI is InChI=1S/C13H9F3O.C11H10F2N2.C6H5Br/c14-13(15,16)17-12-8-6-11(7-9-12)10-4-2-1-3-5-10;12-8-2-1-3-9(13)10(8)11-7(6-14)4-5-15-11;7-6-4-2-1-3-5-6/h1-9H;1-3,6H,4-5,14H2;1-5H/b;7-6+;. The number of hydrogen-bond acceptors (Lipinski definition) is 3. The fraction of sp³-hybridized carbons (Fsp3) is 0.100. The van der Waals surface area contributed by atoms with Crippen molar-refractivity contribution in [2.45, 2.75) is 12.8 Å². The van der Waals surface area contributed by atoms with E-state index in [1.165, 1.54) is 36.5 Å². The quantitative estimate of drug-likeness (QED) is 0.238. The van der Waals surface area contributed by atoms with E-state index < -0.39 is 18.0 Å². The minimum Gasteiger partial charge on any atom is -0.406 e. The third-order valence-electron chi connectivity index (χ3n) is 5.28. The Morgan fingerprint density at radius 2 is 1.28 bits per heavy atom. The summed E-state index contributed by atoms with van der Waals surface area (Å²) in [5, 5.41) is 0. The largest absolute Gasteiger partial charge is 0.573 e. The second-order valence-electron chi connectivity index (χ2n) is 8.00. The van der Waals surface area contributed by atoms with Gasteiger partial charge in [-0.05, 0) is 65.7 Å². The van der Waals surface area contributed by atoms with E-state index in [-0.39, 0.29) is 11.3 Å². The van der Waals surface area contributed by atoms with E-state index in [4.69, 9.17) is 5.73 Å². The molecule has 1 aliphatic heterocycles. The molecule has 4 aromatic carbocycles. The molecule has 5 rings (SSSR count). The van der Waals surface area contributed by atoms with Crippen LogP contribution < -0.4 is 10.5 Å². The summed E-state index contributed by atoms with van der Waals surface area (Å²) in [5.41, 5.74) is 8.13. The smallest absolute Gasteiger partial charge is 0.406 e. The number of nitrogens with zero attached hydrogens (tertiary/aromatic N) is 1. The Labute approximate surface area is 231 Å². The fourth-order valence-electron chi connectivity index (χ4n) is 3.53. The van der Waals surface area contributed by atoms with Gasteiger partial charge in [0.2, 0.25) is 0 Å². The van der Waals surface area contributed by atoms with Gasteiger partial charge in [-0.3, -0.25) is 4.99 Å². The molecule has 0 amide bonds. The summed E-state index contributed by atoms with van der Waals surface area (Å²) in [6, 6.07) is 28.9. The minimum atomic E-state index is -4.64. The van der Waals surface area contributed by atoms with Gasteiger partial charge in [-0.15, -0.1) is 13.2 Å². The summed E-state index contributed by atoms with van der Waals surface area (Å²) in [6.45, 7) is 0.534. The van der Waals surface area contributed by atoms with Gasteiger partial charge in [0.05, 0.1) is 11.3 Å². The number of benzene rings is 4. The summed E-state index contributed by atoms with van der Waals surface area (Å²) in [7, 11) is 0. The molecule has 39 heavy (non-hydrogen) atoms. The van der Waals surface area contributed by atoms with Crippen LogP contribution in [-0.2, 0) is 0 Å². The number of nitrogens with two attached hydrogens (primary N) is 1. The first-order valence-electron chi connectivity index (χ1n) is 11.7. The summed E-state index contributed by atoms with van der Waals surface area (Å²) in [4.78, 5) is 4.07. The molecule has 1 heterocycles. The van der Waals surface area contributed by atoms with Gasteiger partial charge in [0.25, 0.3) is 0 Å². The molecule has 0 unspecified atom stereocenters. The highest BCUT2D eigenvalue weighted by atomic mass is 79.9. The van der Waals surface area contributed by atoms with Crippen molar-refractivity contribution in [3.8, 4) is 16.9 Å². The van der Waals surface area contributed by atoms with E-state index in [0.29, 0.717) is 24.3 Å². The SMILES string of the molecule is Brc1ccccc1.FC(F)(F)Oc1ccc(-c2ccccc2)cc1.N/C=C1\CCN=C1c1c(F)cccc1F. The second kappa shape index (κ2) is 14.2. The van der Waals surface area contributed by atoms with Gasteiger partial charge in [0.1, 0.15) is 17.4 Å². The molecule has 0 atom stereocenters. The molecule has 0 aromatic heterocycles. The molecule has 202 valence electrons. The highest BCUT2D eigenvalue weighted by Crippen LogP contribution is 2.26. The topological polar surface area (TPSA) is 47.6 Å². The van der Waals surface area contributed by atoms with Crippen LogP contribution in [0.25, 0.3) is 11.1 Å². The van der Waals surface area contributed by atoms with Crippen molar-refractivity contribution in [2.75, 3.05) is 6.54 Å². The average molecular weight is 603 g/mol. The minimum absolute atomic E-state index is 0.0771. The lowest BCUT2D eigenvalue weighted by molar-refractivity contribution is -0.274. The molecule has 0 spiro atoms. The third-order valence-corrected chi connectivity index (χ3v) is 5.81. The van der Waals surface area contributed by atoms with Crippen molar-refractivity contribution in [2.24, 2.45) is 10.7 Å². The van der Waals surface area contributed by atoms with E-state index >= 15 is 0 Å². The Bertz CT molecular complexity index is 1370. The van der Waals surface area contributed by atoms with Crippen LogP contribution >= 0.6 is 15.9 Å². The molecule has 4 aromatic rings. The van der Waals surface area contributed by atoms with Crippen molar-refractivity contribution in [1.82, 2.24) is 0 Å². The van der Waals surface area contributed by atoms with Crippen LogP contribution in [0.1, 0.15) is 12.0 Å². The molecular weight excluding hydrogens is 579 g/mol. The maximum Gasteiger partial charge on any atom is 0.573 e. The molecular formula is C30H24BrF5N2O. The van der Waals surface area contributed by atoms with Crippen molar-refractivity contribution >= 4 is 21.6 Å². The van der Waals surface area contributed by atoms with E-state index in [0.717, 1.165) is 15.6 Å². The maximum atomic E-state index is 13.4. The first-order chi connectivity index (χ1) is 18.7. The molecule has 1 aliphatic rings. The lowest BCUT2D eigenvalue weighted by Gasteiger charge is -2.09. The van der Waals surface area contributed by atoms with Crippen LogP contribution in [0.5, 0.6) is 5.75 Å². The van der Waals surface area contributed by atoms with Crippen molar-refractivity contribution in [1.29, 1.82) is 0 Å². The van der Waals surface area contributed by atoms with E-state index in [9.17, 15) is 22.0 Å². The summed E-state index contributed by atoms with van der Waals surface area (Å²) in [6.07, 6.45) is -2.65. The highest BCUT2D eigenvalue weighted by molar-refractivity contribution is 9.10. The van der Waals surface area contributed by atoms with Crippen molar-refractivity contribution < 1.29 is 26.7 Å². The number of halogens is 6. The summed E-state index contributed by atoms with van der Waals surface area (Å²) >= 11 is 3.31. The molecule has 0 fully saturated rings. The van der Waals surface area contributed by atoms with Gasteiger partial charge < -0.3 is 10.5 Å². The molecule has 0 radical (unpaired) electrons. The Morgan fingerprint density at radius 1 is 0.744 bits per heavy atom. The molecule has 0 aliphatic carbocycles. The van der Waals surface area contributed by atoms with E-state index in [1.54, 1.807) is 12.1 Å². The second-order valence-corrected chi connectivity index (χ2v) is 8.92. The van der Waals surface area contributed by atoms with Gasteiger partial charge >= 0.3 is 6.36 Å². The van der Waals surface area contributed by atoms with Crippen LogP contribution in [0.3, 0.4) is 0 Å². The zero-order chi connectivity index (χ0) is 28.3. The van der Waals surface area contributed by atoms with Gasteiger partial charge in [0, 0.05) is 11.0 Å². The van der Waals surface area contributed by atoms with Crippen molar-refractivity contribution in [3.63, 3.8) is 0 Å². The third kappa shape index (κ3) is 9.37. The van der Waals surface area contributed by atoms with E-state index in [2.05, 4.69) is 25.7 Å². The molecule has 0 saturated carbocycles. The summed E-state index contributed by atoms with van der Waals surface area (Å²) in [5.74, 6) is -1.41. The zero-order valence-corrected chi connectivity index (χ0v) is 22.1. The number of ether oxygens (including phenoxy) is 1. The summed E-state index contributed by atoms with van der Waals surface area (Å²) < 4.78 is 67.6. The molecule has 3 nitrogen and oxygen atoms in total. The van der Waals surface area contributed by atoms with Gasteiger partial charge in [-0.1, -0.05) is 82.7 Å². The monoisotopic (exact) mass is 602 g/mol. The Balaban J connectivity index is 0.000000175. The average Bonchev–Trinajstić information content (AvgIpc) is 3.38. The van der Waals surface area contributed by atoms with Crippen LogP contribution in [0.15, 0.2) is 124 Å². The predicted molar refractivity (Wildman–Crippen MR) is 147 cm³/mol. The first kappa shape index (κ1) is 29.6. The Kier molecular flexibility index (Phi) is 10.8. The first-order valence-corrected chi connectivity index (χ1v) is 12.5. The van der Waals surface area contributed by atoms with Gasteiger partial charge in [0.15, 0.2) is 0 Å². The molecule has 2 N–H and O–H groups in total. The van der Waals surface area contributed by atoms with Crippen molar-refractivity contribution in [3.05, 3.63) is 137 Å². The zero-order valence-electron chi connectivity index (χ0n) is 20.5. The number of hydrogen-bond donors (Lipinski definition) is 1. The Morgan fingerprint density at radius 3 is 1.77 bits per heavy atom. The lowest BCUT2D eigenvalue weighted by atomic mass is 10.0. The fourth-order valence-corrected chi connectivity index (χ4v) is 3.83. The van der Waals surface area contributed by atoms with Gasteiger partial charge in [-0.25, -0.2) is 8.78 Å². The van der Waals surface area contributed by atoms with Gasteiger partial charge in [-0.2, -0.15) is 0 Å². The molecule has 9 heteroatoms. The van der Waals surface area contributed by atoms with E-state index in [1.807, 2.05) is 60.7 Å². The van der Waals surface area contributed by atoms with Crippen LogP contribution in [0.4, 0.5) is 22.0 Å². The highest BCUT2D eigenvalue weighted by Gasteiger charge is 2.31. The molecule has 0 saturated heterocycles. The number of alkyl halides is 3. The normalized spacial score (nSPS) is 13.5. The number of rotatable bonds is 3.